The summed E-state index contributed by atoms with van der Waals surface area (Å²) in [6.45, 7) is 0. The van der Waals surface area contributed by atoms with Gasteiger partial charge in [0.1, 0.15) is 23.0 Å². The van der Waals surface area contributed by atoms with Gasteiger partial charge in [-0.15, -0.1) is 0 Å². The average molecular weight is 317 g/mol. The van der Waals surface area contributed by atoms with Crippen molar-refractivity contribution in [2.24, 2.45) is 0 Å². The molecule has 4 rings (SSSR count). The molecule has 0 spiro atoms. The number of ether oxygens (including phenoxy) is 2. The van der Waals surface area contributed by atoms with Gasteiger partial charge < -0.3 is 14.6 Å². The zero-order valence-corrected chi connectivity index (χ0v) is 13.1. The van der Waals surface area contributed by atoms with Gasteiger partial charge in [-0.1, -0.05) is 12.1 Å². The summed E-state index contributed by atoms with van der Waals surface area (Å²) in [5, 5.41) is 12.5. The molecule has 4 heteroatoms. The first-order valence-corrected chi connectivity index (χ1v) is 7.57. The summed E-state index contributed by atoms with van der Waals surface area (Å²) in [5.74, 6) is 2.45. The van der Waals surface area contributed by atoms with E-state index in [1.165, 1.54) is 0 Å². The fourth-order valence-corrected chi connectivity index (χ4v) is 2.75. The second-order valence-corrected chi connectivity index (χ2v) is 5.45. The smallest absolute Gasteiger partial charge is 0.138 e. The normalized spacial score (nSPS) is 10.9. The molecule has 0 unspecified atom stereocenters. The Kier molecular flexibility index (Phi) is 3.43. The van der Waals surface area contributed by atoms with Gasteiger partial charge in [-0.05, 0) is 47.9 Å². The van der Waals surface area contributed by atoms with E-state index in [0.717, 1.165) is 33.2 Å². The molecule has 0 aliphatic carbocycles. The SMILES string of the molecule is COc1ccc2c(Oc3ccc4c(O)cccc4c3)ccnc2c1. The van der Waals surface area contributed by atoms with E-state index in [-0.39, 0.29) is 5.75 Å². The van der Waals surface area contributed by atoms with Gasteiger partial charge in [0.15, 0.2) is 0 Å². The molecule has 118 valence electrons. The molecule has 0 atom stereocenters. The van der Waals surface area contributed by atoms with Gasteiger partial charge in [-0.25, -0.2) is 0 Å². The molecule has 0 fully saturated rings. The van der Waals surface area contributed by atoms with Crippen molar-refractivity contribution in [2.45, 2.75) is 0 Å². The van der Waals surface area contributed by atoms with E-state index in [1.807, 2.05) is 54.6 Å². The summed E-state index contributed by atoms with van der Waals surface area (Å²) in [4.78, 5) is 4.36. The van der Waals surface area contributed by atoms with E-state index in [9.17, 15) is 5.11 Å². The molecule has 1 heterocycles. The van der Waals surface area contributed by atoms with Crippen LogP contribution in [0.2, 0.25) is 0 Å². The number of benzene rings is 3. The van der Waals surface area contributed by atoms with Gasteiger partial charge in [-0.2, -0.15) is 0 Å². The maximum atomic E-state index is 9.88. The lowest BCUT2D eigenvalue weighted by Gasteiger charge is -2.10. The van der Waals surface area contributed by atoms with E-state index in [1.54, 1.807) is 19.4 Å². The maximum Gasteiger partial charge on any atom is 0.138 e. The predicted octanol–water partition coefficient (Wildman–Crippen LogP) is 4.89. The van der Waals surface area contributed by atoms with Crippen molar-refractivity contribution in [3.63, 3.8) is 0 Å². The van der Waals surface area contributed by atoms with Crippen molar-refractivity contribution in [1.82, 2.24) is 4.98 Å². The van der Waals surface area contributed by atoms with E-state index >= 15 is 0 Å². The molecule has 0 aliphatic rings. The standard InChI is InChI=1S/C20H15NO3/c1-23-14-5-8-17-18(12-14)21-10-9-20(17)24-15-6-7-16-13(11-15)3-2-4-19(16)22/h2-12,22H,1H3. The number of phenols is 1. The summed E-state index contributed by atoms with van der Waals surface area (Å²) in [6, 6.07) is 18.6. The number of aromatic hydroxyl groups is 1. The Balaban J connectivity index is 1.76. The van der Waals surface area contributed by atoms with Gasteiger partial charge in [0.05, 0.1) is 12.6 Å². The lowest BCUT2D eigenvalue weighted by Crippen LogP contribution is -1.89. The highest BCUT2D eigenvalue weighted by Gasteiger charge is 2.07. The van der Waals surface area contributed by atoms with Gasteiger partial charge in [0.2, 0.25) is 0 Å². The van der Waals surface area contributed by atoms with Crippen molar-refractivity contribution in [3.8, 4) is 23.0 Å². The molecule has 4 aromatic rings. The maximum absolute atomic E-state index is 9.88. The molecule has 4 nitrogen and oxygen atoms in total. The van der Waals surface area contributed by atoms with Gasteiger partial charge >= 0.3 is 0 Å². The molecular weight excluding hydrogens is 302 g/mol. The molecule has 24 heavy (non-hydrogen) atoms. The molecule has 0 saturated carbocycles. The summed E-state index contributed by atoms with van der Waals surface area (Å²) in [5.41, 5.74) is 0.810. The van der Waals surface area contributed by atoms with Gasteiger partial charge in [-0.3, -0.25) is 4.98 Å². The third kappa shape index (κ3) is 2.48. The second kappa shape index (κ2) is 5.74. The molecule has 0 radical (unpaired) electrons. The van der Waals surface area contributed by atoms with Crippen LogP contribution in [0.25, 0.3) is 21.7 Å². The van der Waals surface area contributed by atoms with E-state index in [0.29, 0.717) is 5.75 Å². The van der Waals surface area contributed by atoms with Crippen LogP contribution in [0.15, 0.2) is 66.9 Å². The fourth-order valence-electron chi connectivity index (χ4n) is 2.75. The van der Waals surface area contributed by atoms with E-state index in [4.69, 9.17) is 9.47 Å². The molecule has 0 saturated heterocycles. The third-order valence-corrected chi connectivity index (χ3v) is 3.97. The number of nitrogens with zero attached hydrogens (tertiary/aromatic N) is 1. The average Bonchev–Trinajstić information content (AvgIpc) is 2.61. The van der Waals surface area contributed by atoms with Gasteiger partial charge in [0, 0.05) is 23.0 Å². The number of phenolic OH excluding ortho intramolecular Hbond substituents is 1. The Morgan fingerprint density at radius 3 is 2.58 bits per heavy atom. The molecule has 0 bridgehead atoms. The number of hydrogen-bond donors (Lipinski definition) is 1. The number of hydrogen-bond acceptors (Lipinski definition) is 4. The fraction of sp³-hybridized carbons (Fsp3) is 0.0500. The Hall–Kier alpha value is -3.27. The number of fused-ring (bicyclic) bond motifs is 2. The Morgan fingerprint density at radius 2 is 1.71 bits per heavy atom. The second-order valence-electron chi connectivity index (χ2n) is 5.45. The first kappa shape index (κ1) is 14.3. The van der Waals surface area contributed by atoms with Crippen LogP contribution in [0.3, 0.4) is 0 Å². The van der Waals surface area contributed by atoms with E-state index < -0.39 is 0 Å². The topological polar surface area (TPSA) is 51.6 Å². The number of aromatic nitrogens is 1. The summed E-state index contributed by atoms with van der Waals surface area (Å²) >= 11 is 0. The van der Waals surface area contributed by atoms with Crippen molar-refractivity contribution in [3.05, 3.63) is 66.9 Å². The minimum Gasteiger partial charge on any atom is -0.507 e. The first-order chi connectivity index (χ1) is 11.7. The van der Waals surface area contributed by atoms with Crippen LogP contribution in [-0.4, -0.2) is 17.2 Å². The molecular formula is C20H15NO3. The lowest BCUT2D eigenvalue weighted by atomic mass is 10.1. The molecule has 1 N–H and O–H groups in total. The van der Waals surface area contributed by atoms with Crippen LogP contribution in [0, 0.1) is 0 Å². The van der Waals surface area contributed by atoms with Crippen molar-refractivity contribution < 1.29 is 14.6 Å². The number of rotatable bonds is 3. The Morgan fingerprint density at radius 1 is 0.875 bits per heavy atom. The van der Waals surface area contributed by atoms with Crippen molar-refractivity contribution in [1.29, 1.82) is 0 Å². The minimum absolute atomic E-state index is 0.264. The van der Waals surface area contributed by atoms with Crippen LogP contribution in [0.5, 0.6) is 23.0 Å². The molecule has 1 aromatic heterocycles. The van der Waals surface area contributed by atoms with Crippen LogP contribution in [0.4, 0.5) is 0 Å². The predicted molar refractivity (Wildman–Crippen MR) is 94.0 cm³/mol. The highest BCUT2D eigenvalue weighted by Crippen LogP contribution is 2.33. The molecule has 0 aliphatic heterocycles. The monoisotopic (exact) mass is 317 g/mol. The Bertz CT molecular complexity index is 1040. The molecule has 0 amide bonds. The highest BCUT2D eigenvalue weighted by atomic mass is 16.5. The lowest BCUT2D eigenvalue weighted by molar-refractivity contribution is 0.415. The van der Waals surface area contributed by atoms with Crippen LogP contribution < -0.4 is 9.47 Å². The van der Waals surface area contributed by atoms with E-state index in [2.05, 4.69) is 4.98 Å². The van der Waals surface area contributed by atoms with Crippen molar-refractivity contribution in [2.75, 3.05) is 7.11 Å². The first-order valence-electron chi connectivity index (χ1n) is 7.57. The summed E-state index contributed by atoms with van der Waals surface area (Å²) in [7, 11) is 1.63. The Labute approximate surface area is 138 Å². The zero-order valence-electron chi connectivity index (χ0n) is 13.1. The number of pyridine rings is 1. The summed E-state index contributed by atoms with van der Waals surface area (Å²) in [6.07, 6.45) is 1.71. The third-order valence-electron chi connectivity index (χ3n) is 3.97. The van der Waals surface area contributed by atoms with Gasteiger partial charge in [0.25, 0.3) is 0 Å². The summed E-state index contributed by atoms with van der Waals surface area (Å²) < 4.78 is 11.3. The van der Waals surface area contributed by atoms with Crippen molar-refractivity contribution >= 4 is 21.7 Å². The minimum atomic E-state index is 0.264. The zero-order chi connectivity index (χ0) is 16.5. The quantitative estimate of drug-likeness (QED) is 0.584. The van der Waals surface area contributed by atoms with Crippen LogP contribution >= 0.6 is 0 Å². The number of methoxy groups -OCH3 is 1. The molecule has 3 aromatic carbocycles. The largest absolute Gasteiger partial charge is 0.507 e. The van der Waals surface area contributed by atoms with Crippen LogP contribution in [-0.2, 0) is 0 Å². The highest BCUT2D eigenvalue weighted by molar-refractivity contribution is 5.90. The van der Waals surface area contributed by atoms with Crippen LogP contribution in [0.1, 0.15) is 0 Å².